The number of benzene rings is 2. The van der Waals surface area contributed by atoms with Crippen molar-refractivity contribution in [3.63, 3.8) is 0 Å². The van der Waals surface area contributed by atoms with E-state index in [9.17, 15) is 19.8 Å². The van der Waals surface area contributed by atoms with E-state index in [0.29, 0.717) is 16.9 Å². The molecule has 31 heavy (non-hydrogen) atoms. The van der Waals surface area contributed by atoms with E-state index in [1.165, 1.54) is 24.3 Å². The molecule has 0 fully saturated rings. The number of aromatic hydroxyl groups is 1. The summed E-state index contributed by atoms with van der Waals surface area (Å²) in [5, 5.41) is 28.5. The van der Waals surface area contributed by atoms with Crippen molar-refractivity contribution < 1.29 is 39.1 Å². The van der Waals surface area contributed by atoms with E-state index in [1.54, 1.807) is 43.5 Å². The van der Waals surface area contributed by atoms with E-state index < -0.39 is 18.0 Å². The third-order valence-electron chi connectivity index (χ3n) is 4.06. The number of phenols is 1. The van der Waals surface area contributed by atoms with Crippen LogP contribution in [0.25, 0.3) is 12.2 Å². The first-order valence-electron chi connectivity index (χ1n) is 9.36. The van der Waals surface area contributed by atoms with E-state index in [-0.39, 0.29) is 25.6 Å². The minimum absolute atomic E-state index is 0.0868. The van der Waals surface area contributed by atoms with Crippen molar-refractivity contribution in [2.75, 3.05) is 20.3 Å². The summed E-state index contributed by atoms with van der Waals surface area (Å²) in [5.41, 5.74) is 1.68. The molecule has 0 aliphatic rings. The number of carbonyl (C=O) groups excluding carboxylic acids is 2. The highest BCUT2D eigenvalue weighted by Gasteiger charge is 2.10. The highest BCUT2D eigenvalue weighted by molar-refractivity contribution is 5.87. The lowest BCUT2D eigenvalue weighted by Gasteiger charge is -2.10. The molecule has 164 valence electrons. The number of esters is 2. The average Bonchev–Trinajstić information content (AvgIpc) is 2.79. The fraction of sp³-hybridized carbons (Fsp3) is 0.217. The van der Waals surface area contributed by atoms with Gasteiger partial charge in [-0.2, -0.15) is 0 Å². The Balaban J connectivity index is 1.71. The predicted octanol–water partition coefficient (Wildman–Crippen LogP) is 2.07. The quantitative estimate of drug-likeness (QED) is 0.388. The maximum absolute atomic E-state index is 11.7. The molecule has 0 heterocycles. The van der Waals surface area contributed by atoms with Crippen LogP contribution in [0, 0.1) is 0 Å². The summed E-state index contributed by atoms with van der Waals surface area (Å²) in [6.07, 6.45) is 4.15. The first-order chi connectivity index (χ1) is 14.9. The smallest absolute Gasteiger partial charge is 0.330 e. The molecular formula is C23H24O8. The Morgan fingerprint density at radius 1 is 0.935 bits per heavy atom. The first kappa shape index (κ1) is 23.7. The molecule has 0 amide bonds. The lowest BCUT2D eigenvalue weighted by atomic mass is 10.1. The molecule has 8 nitrogen and oxygen atoms in total. The topological polar surface area (TPSA) is 123 Å². The molecule has 0 aliphatic heterocycles. The van der Waals surface area contributed by atoms with Crippen LogP contribution in [-0.2, 0) is 25.7 Å². The van der Waals surface area contributed by atoms with Gasteiger partial charge >= 0.3 is 11.9 Å². The van der Waals surface area contributed by atoms with Crippen LogP contribution < -0.4 is 4.74 Å². The molecule has 0 aliphatic carbocycles. The van der Waals surface area contributed by atoms with Gasteiger partial charge in [-0.05, 0) is 41.5 Å². The van der Waals surface area contributed by atoms with Crippen LogP contribution in [0.3, 0.4) is 0 Å². The highest BCUT2D eigenvalue weighted by Crippen LogP contribution is 2.19. The van der Waals surface area contributed by atoms with Gasteiger partial charge in [0.1, 0.15) is 30.8 Å². The minimum Gasteiger partial charge on any atom is -0.508 e. The van der Waals surface area contributed by atoms with Gasteiger partial charge in [-0.25, -0.2) is 9.59 Å². The Kier molecular flexibility index (Phi) is 9.28. The Morgan fingerprint density at radius 2 is 1.48 bits per heavy atom. The van der Waals surface area contributed by atoms with E-state index in [1.807, 2.05) is 0 Å². The molecule has 0 saturated heterocycles. The van der Waals surface area contributed by atoms with Gasteiger partial charge < -0.3 is 29.5 Å². The van der Waals surface area contributed by atoms with Crippen molar-refractivity contribution in [3.05, 3.63) is 71.3 Å². The monoisotopic (exact) mass is 428 g/mol. The normalized spacial score (nSPS) is 12.1. The number of aliphatic hydroxyl groups is 2. The molecule has 2 rings (SSSR count). The molecule has 0 spiro atoms. The Hall–Kier alpha value is -3.62. The molecule has 0 saturated carbocycles. The second kappa shape index (κ2) is 12.2. The number of rotatable bonds is 10. The van der Waals surface area contributed by atoms with Gasteiger partial charge in [0.25, 0.3) is 0 Å². The molecule has 1 atom stereocenters. The van der Waals surface area contributed by atoms with E-state index in [0.717, 1.165) is 11.6 Å². The van der Waals surface area contributed by atoms with Crippen molar-refractivity contribution in [1.82, 2.24) is 0 Å². The summed E-state index contributed by atoms with van der Waals surface area (Å²) >= 11 is 0. The number of methoxy groups -OCH3 is 1. The van der Waals surface area contributed by atoms with E-state index in [2.05, 4.69) is 0 Å². The lowest BCUT2D eigenvalue weighted by Crippen LogP contribution is -2.24. The summed E-state index contributed by atoms with van der Waals surface area (Å²) in [5.74, 6) is -0.746. The van der Waals surface area contributed by atoms with Gasteiger partial charge in [0.05, 0.1) is 13.7 Å². The molecule has 8 heteroatoms. The van der Waals surface area contributed by atoms with Crippen LogP contribution in [0.5, 0.6) is 11.5 Å². The van der Waals surface area contributed by atoms with Crippen molar-refractivity contribution >= 4 is 24.1 Å². The first-order valence-corrected chi connectivity index (χ1v) is 9.36. The molecule has 0 bridgehead atoms. The van der Waals surface area contributed by atoms with Crippen LogP contribution in [-0.4, -0.2) is 53.7 Å². The number of ether oxygens (including phenoxy) is 3. The van der Waals surface area contributed by atoms with Gasteiger partial charge in [0, 0.05) is 17.7 Å². The number of carbonyl (C=O) groups is 2. The van der Waals surface area contributed by atoms with Crippen LogP contribution in [0.2, 0.25) is 0 Å². The molecular weight excluding hydrogens is 404 g/mol. The van der Waals surface area contributed by atoms with Gasteiger partial charge in [0.2, 0.25) is 0 Å². The summed E-state index contributed by atoms with van der Waals surface area (Å²) < 4.78 is 14.8. The zero-order valence-corrected chi connectivity index (χ0v) is 16.9. The number of hydrogen-bond acceptors (Lipinski definition) is 8. The standard InChI is InChI=1S/C23H24O8/c1-29-20-8-3-16(4-9-20)5-10-22(27)30-14-19(25)15-31-23(28)11-6-17-2-7-18(13-24)21(26)12-17/h2-12,19,24-26H,13-15H2,1H3/b10-5+,11-6+. The molecule has 0 aromatic heterocycles. The molecule has 2 aromatic rings. The zero-order valence-electron chi connectivity index (χ0n) is 16.9. The molecule has 0 radical (unpaired) electrons. The predicted molar refractivity (Wildman–Crippen MR) is 113 cm³/mol. The summed E-state index contributed by atoms with van der Waals surface area (Å²) in [6.45, 7) is -0.982. The number of aliphatic hydroxyl groups excluding tert-OH is 2. The van der Waals surface area contributed by atoms with E-state index >= 15 is 0 Å². The van der Waals surface area contributed by atoms with Gasteiger partial charge in [0.15, 0.2) is 0 Å². The maximum Gasteiger partial charge on any atom is 0.330 e. The fourth-order valence-corrected chi connectivity index (χ4v) is 2.36. The largest absolute Gasteiger partial charge is 0.508 e. The van der Waals surface area contributed by atoms with Crippen molar-refractivity contribution in [3.8, 4) is 11.5 Å². The van der Waals surface area contributed by atoms with Crippen molar-refractivity contribution in [1.29, 1.82) is 0 Å². The minimum atomic E-state index is -1.18. The van der Waals surface area contributed by atoms with Crippen LogP contribution in [0.15, 0.2) is 54.6 Å². The average molecular weight is 428 g/mol. The molecule has 1 unspecified atom stereocenters. The van der Waals surface area contributed by atoms with E-state index in [4.69, 9.17) is 19.3 Å². The lowest BCUT2D eigenvalue weighted by molar-refractivity contribution is -0.146. The summed E-state index contributed by atoms with van der Waals surface area (Å²) in [4.78, 5) is 23.4. The highest BCUT2D eigenvalue weighted by atomic mass is 16.6. The van der Waals surface area contributed by atoms with Crippen LogP contribution >= 0.6 is 0 Å². The Morgan fingerprint density at radius 3 is 2.00 bits per heavy atom. The molecule has 3 N–H and O–H groups in total. The SMILES string of the molecule is COc1ccc(/C=C/C(=O)OCC(O)COC(=O)/C=C/c2ccc(CO)c(O)c2)cc1. The second-order valence-electron chi connectivity index (χ2n) is 6.40. The Labute approximate surface area is 179 Å². The van der Waals surface area contributed by atoms with Gasteiger partial charge in [-0.15, -0.1) is 0 Å². The summed E-state index contributed by atoms with van der Waals surface area (Å²) in [6, 6.07) is 11.6. The Bertz CT molecular complexity index is 931. The van der Waals surface area contributed by atoms with Gasteiger partial charge in [-0.1, -0.05) is 24.3 Å². The third-order valence-corrected chi connectivity index (χ3v) is 4.06. The number of hydrogen-bond donors (Lipinski definition) is 3. The van der Waals surface area contributed by atoms with Crippen LogP contribution in [0.1, 0.15) is 16.7 Å². The van der Waals surface area contributed by atoms with Gasteiger partial charge in [-0.3, -0.25) is 0 Å². The summed E-state index contributed by atoms with van der Waals surface area (Å²) in [7, 11) is 1.56. The van der Waals surface area contributed by atoms with Crippen molar-refractivity contribution in [2.45, 2.75) is 12.7 Å². The van der Waals surface area contributed by atoms with Crippen LogP contribution in [0.4, 0.5) is 0 Å². The zero-order chi connectivity index (χ0) is 22.6. The van der Waals surface area contributed by atoms with Crippen molar-refractivity contribution in [2.24, 2.45) is 0 Å². The second-order valence-corrected chi connectivity index (χ2v) is 6.40. The third kappa shape index (κ3) is 8.33. The maximum atomic E-state index is 11.7. The molecule has 2 aromatic carbocycles. The fourth-order valence-electron chi connectivity index (χ4n) is 2.36.